The Hall–Kier alpha value is -6.70. The van der Waals surface area contributed by atoms with Crippen molar-refractivity contribution >= 4 is 46.3 Å². The van der Waals surface area contributed by atoms with Gasteiger partial charge in [-0.1, -0.05) is 111 Å². The van der Waals surface area contributed by atoms with Crippen LogP contribution < -0.4 is 0 Å². The molecule has 0 amide bonds. The van der Waals surface area contributed by atoms with Crippen LogP contribution in [0.5, 0.6) is 0 Å². The van der Waals surface area contributed by atoms with E-state index >= 15 is 0 Å². The quantitative estimate of drug-likeness (QED) is 0.0345. The molecule has 0 radical (unpaired) electrons. The standard InChI is InChI=1S/2C23H24N2O5/c1-2-7-21(26)30-24-22(17-8-3-4-9-17)23(27)18-14-12-16(13-15-18)19-10-5-6-11-20(19)25(28)29;1-2-5-21(26)30-24-22(18-6-3-4-7-18)23(27)19-10-8-16(9-11-19)17-12-14-20(15-13-17)25(28)29/h5-6,10-15,17H,2-4,7-9H2,1H3;8-15,18H,2-7H2,1H3/b2*24-22-. The summed E-state index contributed by atoms with van der Waals surface area (Å²) >= 11 is 0. The number of para-hydroxylation sites is 1. The molecular formula is C46H48N4O10. The molecule has 0 atom stereocenters. The first kappa shape index (κ1) is 44.4. The number of benzene rings is 4. The normalized spacial score (nSPS) is 14.5. The summed E-state index contributed by atoms with van der Waals surface area (Å²) in [6.07, 6.45) is 9.28. The van der Waals surface area contributed by atoms with Gasteiger partial charge in [0.05, 0.1) is 15.4 Å². The summed E-state index contributed by atoms with van der Waals surface area (Å²) in [5.74, 6) is -1.42. The second-order valence-electron chi connectivity index (χ2n) is 14.7. The fraction of sp³-hybridized carbons (Fsp3) is 0.348. The third kappa shape index (κ3) is 11.9. The Morgan fingerprint density at radius 1 is 0.567 bits per heavy atom. The molecule has 2 saturated carbocycles. The molecule has 6 rings (SSSR count). The average Bonchev–Trinajstić information content (AvgIpc) is 4.01. The van der Waals surface area contributed by atoms with Gasteiger partial charge in [0.15, 0.2) is 0 Å². The van der Waals surface area contributed by atoms with E-state index in [2.05, 4.69) is 10.3 Å². The number of nitro benzene ring substituents is 2. The maximum atomic E-state index is 13.1. The third-order valence-corrected chi connectivity index (χ3v) is 10.5. The van der Waals surface area contributed by atoms with E-state index in [1.54, 1.807) is 78.9 Å². The zero-order valence-electron chi connectivity index (χ0n) is 33.7. The van der Waals surface area contributed by atoms with Crippen molar-refractivity contribution in [2.75, 3.05) is 0 Å². The maximum Gasteiger partial charge on any atom is 0.335 e. The van der Waals surface area contributed by atoms with Crippen molar-refractivity contribution in [3.63, 3.8) is 0 Å². The Kier molecular flexibility index (Phi) is 16.2. The summed E-state index contributed by atoms with van der Waals surface area (Å²) in [5, 5.41) is 30.0. The Labute approximate surface area is 348 Å². The van der Waals surface area contributed by atoms with Crippen LogP contribution >= 0.6 is 0 Å². The van der Waals surface area contributed by atoms with Crippen LogP contribution in [-0.4, -0.2) is 44.8 Å². The van der Waals surface area contributed by atoms with Crippen LogP contribution in [0.2, 0.25) is 0 Å². The molecule has 0 N–H and O–H groups in total. The van der Waals surface area contributed by atoms with Gasteiger partial charge in [-0.15, -0.1) is 0 Å². The van der Waals surface area contributed by atoms with Gasteiger partial charge in [-0.05, 0) is 73.4 Å². The SMILES string of the molecule is CCCC(=O)O/N=C(\C(=O)c1ccc(-c2ccc([N+](=O)[O-])cc2)cc1)C1CCCC1.CCCC(=O)O/N=C(\C(=O)c1ccc(-c2ccccc2[N+](=O)[O-])cc1)C1CCCC1. The molecule has 2 aliphatic carbocycles. The molecule has 2 aliphatic rings. The molecule has 0 bridgehead atoms. The number of hydrogen-bond acceptors (Lipinski definition) is 12. The highest BCUT2D eigenvalue weighted by Crippen LogP contribution is 2.32. The molecule has 4 aromatic rings. The minimum Gasteiger partial charge on any atom is -0.318 e. The highest BCUT2D eigenvalue weighted by atomic mass is 16.7. The van der Waals surface area contributed by atoms with E-state index in [1.807, 2.05) is 13.8 Å². The Morgan fingerprint density at radius 2 is 0.967 bits per heavy atom. The van der Waals surface area contributed by atoms with E-state index in [1.165, 1.54) is 18.2 Å². The van der Waals surface area contributed by atoms with Gasteiger partial charge in [0, 0.05) is 54.0 Å². The predicted octanol–water partition coefficient (Wildman–Crippen LogP) is 10.7. The molecule has 4 aromatic carbocycles. The smallest absolute Gasteiger partial charge is 0.318 e. The molecule has 312 valence electrons. The summed E-state index contributed by atoms with van der Waals surface area (Å²) < 4.78 is 0. The number of carbonyl (C=O) groups is 4. The molecule has 0 aliphatic heterocycles. The van der Waals surface area contributed by atoms with Gasteiger partial charge in [0.25, 0.3) is 11.4 Å². The topological polar surface area (TPSA) is 198 Å². The number of oxime groups is 2. The number of nitro groups is 2. The van der Waals surface area contributed by atoms with Gasteiger partial charge in [-0.3, -0.25) is 29.8 Å². The number of Topliss-reactive ketones (excluding diaryl/α,β-unsaturated/α-hetero) is 2. The maximum absolute atomic E-state index is 13.1. The van der Waals surface area contributed by atoms with Gasteiger partial charge in [-0.2, -0.15) is 0 Å². The fourth-order valence-electron chi connectivity index (χ4n) is 7.26. The largest absolute Gasteiger partial charge is 0.335 e. The lowest BCUT2D eigenvalue weighted by Gasteiger charge is -2.12. The first-order chi connectivity index (χ1) is 29.0. The first-order valence-corrected chi connectivity index (χ1v) is 20.3. The molecule has 0 aromatic heterocycles. The molecule has 0 spiro atoms. The Morgan fingerprint density at radius 3 is 1.37 bits per heavy atom. The zero-order chi connectivity index (χ0) is 43.0. The Bertz CT molecular complexity index is 2220. The van der Waals surface area contributed by atoms with Gasteiger partial charge in [0.2, 0.25) is 11.6 Å². The minimum atomic E-state index is -0.451. The van der Waals surface area contributed by atoms with Crippen molar-refractivity contribution in [1.29, 1.82) is 0 Å². The van der Waals surface area contributed by atoms with Crippen LogP contribution in [0.15, 0.2) is 107 Å². The summed E-state index contributed by atoms with van der Waals surface area (Å²) in [4.78, 5) is 80.8. The van der Waals surface area contributed by atoms with Crippen LogP contribution in [0, 0.1) is 32.1 Å². The van der Waals surface area contributed by atoms with Gasteiger partial charge in [0.1, 0.15) is 11.4 Å². The van der Waals surface area contributed by atoms with Crippen LogP contribution in [-0.2, 0) is 19.3 Å². The highest BCUT2D eigenvalue weighted by Gasteiger charge is 2.30. The van der Waals surface area contributed by atoms with Crippen LogP contribution in [0.4, 0.5) is 11.4 Å². The van der Waals surface area contributed by atoms with E-state index in [0.717, 1.165) is 62.5 Å². The zero-order valence-corrected chi connectivity index (χ0v) is 33.7. The minimum absolute atomic E-state index is 0.00118. The van der Waals surface area contributed by atoms with Crippen molar-refractivity contribution < 1.29 is 38.7 Å². The van der Waals surface area contributed by atoms with Gasteiger partial charge < -0.3 is 9.68 Å². The summed E-state index contributed by atoms with van der Waals surface area (Å²) in [6.45, 7) is 3.74. The predicted molar refractivity (Wildman–Crippen MR) is 227 cm³/mol. The number of non-ortho nitro benzene ring substituents is 1. The highest BCUT2D eigenvalue weighted by molar-refractivity contribution is 6.47. The lowest BCUT2D eigenvalue weighted by Crippen LogP contribution is -2.23. The second kappa shape index (κ2) is 21.9. The van der Waals surface area contributed by atoms with E-state index in [4.69, 9.17) is 9.68 Å². The van der Waals surface area contributed by atoms with E-state index in [-0.39, 0.29) is 53.3 Å². The van der Waals surface area contributed by atoms with Crippen molar-refractivity contribution in [1.82, 2.24) is 0 Å². The molecule has 2 fully saturated rings. The molecule has 60 heavy (non-hydrogen) atoms. The molecular weight excluding hydrogens is 769 g/mol. The molecule has 14 nitrogen and oxygen atoms in total. The van der Waals surface area contributed by atoms with Crippen LogP contribution in [0.1, 0.15) is 112 Å². The lowest BCUT2D eigenvalue weighted by molar-refractivity contribution is -0.384. The second-order valence-corrected chi connectivity index (χ2v) is 14.7. The van der Waals surface area contributed by atoms with Gasteiger partial charge >= 0.3 is 11.9 Å². The summed E-state index contributed by atoms with van der Waals surface area (Å²) in [5.41, 5.74) is 4.29. The number of nitrogens with zero attached hydrogens (tertiary/aromatic N) is 4. The molecule has 0 heterocycles. The number of hydrogen-bond donors (Lipinski definition) is 0. The Balaban J connectivity index is 0.000000228. The molecule has 0 unspecified atom stereocenters. The third-order valence-electron chi connectivity index (χ3n) is 10.5. The van der Waals surface area contributed by atoms with Crippen molar-refractivity contribution in [3.05, 3.63) is 128 Å². The van der Waals surface area contributed by atoms with Crippen LogP contribution in [0.25, 0.3) is 22.3 Å². The van der Waals surface area contributed by atoms with Crippen molar-refractivity contribution in [3.8, 4) is 22.3 Å². The monoisotopic (exact) mass is 816 g/mol. The van der Waals surface area contributed by atoms with Crippen LogP contribution in [0.3, 0.4) is 0 Å². The molecule has 0 saturated heterocycles. The average molecular weight is 817 g/mol. The number of ketones is 2. The summed E-state index contributed by atoms with van der Waals surface area (Å²) in [6, 6.07) is 26.4. The summed E-state index contributed by atoms with van der Waals surface area (Å²) in [7, 11) is 0. The van der Waals surface area contributed by atoms with Gasteiger partial charge in [-0.25, -0.2) is 9.59 Å². The number of rotatable bonds is 16. The number of carbonyl (C=O) groups excluding carboxylic acids is 4. The lowest BCUT2D eigenvalue weighted by atomic mass is 9.93. The van der Waals surface area contributed by atoms with E-state index in [9.17, 15) is 39.4 Å². The fourth-order valence-corrected chi connectivity index (χ4v) is 7.26. The molecule has 14 heteroatoms. The van der Waals surface area contributed by atoms with E-state index in [0.29, 0.717) is 40.8 Å². The first-order valence-electron chi connectivity index (χ1n) is 20.3. The van der Waals surface area contributed by atoms with Crippen molar-refractivity contribution in [2.45, 2.75) is 90.9 Å². The van der Waals surface area contributed by atoms with E-state index < -0.39 is 21.8 Å². The van der Waals surface area contributed by atoms with Crippen molar-refractivity contribution in [2.24, 2.45) is 22.1 Å².